The first-order chi connectivity index (χ1) is 15.0. The summed E-state index contributed by atoms with van der Waals surface area (Å²) in [6, 6.07) is 14.6. The third kappa shape index (κ3) is 4.81. The van der Waals surface area contributed by atoms with Gasteiger partial charge in [0.2, 0.25) is 0 Å². The molecule has 2 aromatic carbocycles. The summed E-state index contributed by atoms with van der Waals surface area (Å²) in [4.78, 5) is 40.8. The number of hydrogen-bond acceptors (Lipinski definition) is 8. The van der Waals surface area contributed by atoms with Crippen molar-refractivity contribution in [3.63, 3.8) is 0 Å². The highest BCUT2D eigenvalue weighted by atomic mass is 32.1. The summed E-state index contributed by atoms with van der Waals surface area (Å²) in [7, 11) is 0. The summed E-state index contributed by atoms with van der Waals surface area (Å²) in [5.74, 6) is -1.31. The summed E-state index contributed by atoms with van der Waals surface area (Å²) in [5.41, 5.74) is 2.80. The van der Waals surface area contributed by atoms with E-state index in [4.69, 9.17) is 4.74 Å². The Balaban J connectivity index is 1.32. The molecule has 0 bridgehead atoms. The van der Waals surface area contributed by atoms with Crippen LogP contribution in [0.2, 0.25) is 0 Å². The Labute approximate surface area is 180 Å². The molecule has 0 saturated carbocycles. The Kier molecular flexibility index (Phi) is 5.80. The smallest absolute Gasteiger partial charge is 0.328 e. The zero-order valence-corrected chi connectivity index (χ0v) is 17.3. The molecule has 0 aliphatic heterocycles. The van der Waals surface area contributed by atoms with Gasteiger partial charge >= 0.3 is 5.97 Å². The first-order valence-corrected chi connectivity index (χ1v) is 10.2. The summed E-state index contributed by atoms with van der Waals surface area (Å²) in [5, 5.41) is 12.8. The Morgan fingerprint density at radius 1 is 1.13 bits per heavy atom. The zero-order chi connectivity index (χ0) is 21.8. The van der Waals surface area contributed by atoms with Crippen LogP contribution in [-0.2, 0) is 20.9 Å². The second-order valence-electron chi connectivity index (χ2n) is 6.68. The summed E-state index contributed by atoms with van der Waals surface area (Å²) >= 11 is 1.27. The van der Waals surface area contributed by atoms with Gasteiger partial charge < -0.3 is 4.74 Å². The van der Waals surface area contributed by atoms with Crippen LogP contribution in [-0.4, -0.2) is 38.5 Å². The normalized spacial score (nSPS) is 10.7. The number of nitrogens with one attached hydrogen (secondary N) is 1. The molecule has 0 saturated heterocycles. The molecule has 1 amide bonds. The number of rotatable bonds is 6. The summed E-state index contributed by atoms with van der Waals surface area (Å²) < 4.78 is 5.85. The van der Waals surface area contributed by atoms with Crippen LogP contribution in [0, 0.1) is 6.92 Å². The monoisotopic (exact) mass is 435 g/mol. The minimum atomic E-state index is -0.777. The molecule has 2 heterocycles. The lowest BCUT2D eigenvalue weighted by atomic mass is 10.1. The molecule has 156 valence electrons. The third-order valence-electron chi connectivity index (χ3n) is 4.37. The molecule has 4 aromatic rings. The standard InChI is InChI=1S/C21H17N5O4S/c1-13-6-8-14(9-7-13)17-12-31-21(22-17)23-18(27)11-30-19(28)10-26-20(29)15-4-2-3-5-16(15)24-25-26/h2-9,12H,10-11H2,1H3,(H,22,23,27). The van der Waals surface area contributed by atoms with Gasteiger partial charge in [0, 0.05) is 10.9 Å². The number of benzene rings is 2. The number of aromatic nitrogens is 4. The molecule has 1 N–H and O–H groups in total. The van der Waals surface area contributed by atoms with Crippen LogP contribution >= 0.6 is 11.3 Å². The average Bonchev–Trinajstić information content (AvgIpc) is 3.23. The molecule has 2 aromatic heterocycles. The van der Waals surface area contributed by atoms with E-state index in [1.807, 2.05) is 36.6 Å². The molecule has 0 spiro atoms. The van der Waals surface area contributed by atoms with Crippen LogP contribution in [0.5, 0.6) is 0 Å². The highest BCUT2D eigenvalue weighted by Gasteiger charge is 2.13. The number of amides is 1. The number of carbonyl (C=O) groups excluding carboxylic acids is 2. The topological polar surface area (TPSA) is 116 Å². The van der Waals surface area contributed by atoms with Crippen LogP contribution in [0.15, 0.2) is 58.7 Å². The first-order valence-electron chi connectivity index (χ1n) is 9.30. The number of anilines is 1. The van der Waals surface area contributed by atoms with Gasteiger partial charge in [-0.2, -0.15) is 4.68 Å². The molecule has 0 aliphatic rings. The quantitative estimate of drug-likeness (QED) is 0.462. The van der Waals surface area contributed by atoms with Crippen molar-refractivity contribution in [1.82, 2.24) is 20.0 Å². The van der Waals surface area contributed by atoms with Crippen molar-refractivity contribution in [3.05, 3.63) is 69.8 Å². The van der Waals surface area contributed by atoms with E-state index in [0.717, 1.165) is 21.5 Å². The van der Waals surface area contributed by atoms with Crippen LogP contribution in [0.25, 0.3) is 22.2 Å². The third-order valence-corrected chi connectivity index (χ3v) is 5.13. The Morgan fingerprint density at radius 2 is 1.90 bits per heavy atom. The molecular formula is C21H17N5O4S. The molecule has 31 heavy (non-hydrogen) atoms. The number of esters is 1. The van der Waals surface area contributed by atoms with Crippen LogP contribution in [0.1, 0.15) is 5.56 Å². The minimum absolute atomic E-state index is 0.344. The number of carbonyl (C=O) groups is 2. The summed E-state index contributed by atoms with van der Waals surface area (Å²) in [6.45, 7) is 1.05. The number of hydrogen-bond donors (Lipinski definition) is 1. The maximum Gasteiger partial charge on any atom is 0.328 e. The van der Waals surface area contributed by atoms with Gasteiger partial charge in [-0.15, -0.1) is 16.4 Å². The zero-order valence-electron chi connectivity index (χ0n) is 16.4. The van der Waals surface area contributed by atoms with Crippen molar-refractivity contribution in [2.45, 2.75) is 13.5 Å². The van der Waals surface area contributed by atoms with E-state index < -0.39 is 30.6 Å². The van der Waals surface area contributed by atoms with Gasteiger partial charge in [-0.25, -0.2) is 4.98 Å². The number of ether oxygens (including phenoxy) is 1. The molecule has 10 heteroatoms. The van der Waals surface area contributed by atoms with Crippen molar-refractivity contribution in [2.24, 2.45) is 0 Å². The second-order valence-corrected chi connectivity index (χ2v) is 7.54. The SMILES string of the molecule is Cc1ccc(-c2csc(NC(=O)COC(=O)Cn3nnc4ccccc4c3=O)n2)cc1. The minimum Gasteiger partial charge on any atom is -0.454 e. The number of aryl methyl sites for hydroxylation is 1. The summed E-state index contributed by atoms with van der Waals surface area (Å²) in [6.07, 6.45) is 0. The molecular weight excluding hydrogens is 418 g/mol. The fourth-order valence-corrected chi connectivity index (χ4v) is 3.52. The molecule has 0 fully saturated rings. The van der Waals surface area contributed by atoms with Gasteiger partial charge in [0.05, 0.1) is 11.1 Å². The van der Waals surface area contributed by atoms with Gasteiger partial charge in [0.15, 0.2) is 11.7 Å². The molecule has 0 unspecified atom stereocenters. The lowest BCUT2D eigenvalue weighted by Crippen LogP contribution is -2.30. The second kappa shape index (κ2) is 8.84. The maximum atomic E-state index is 12.3. The van der Waals surface area contributed by atoms with Gasteiger partial charge in [-0.1, -0.05) is 47.2 Å². The van der Waals surface area contributed by atoms with Crippen LogP contribution < -0.4 is 10.9 Å². The predicted octanol–water partition coefficient (Wildman–Crippen LogP) is 2.41. The molecule has 0 radical (unpaired) electrons. The number of fused-ring (bicyclic) bond motifs is 1. The Hall–Kier alpha value is -3.92. The first kappa shape index (κ1) is 20.4. The fraction of sp³-hybridized carbons (Fsp3) is 0.143. The fourth-order valence-electron chi connectivity index (χ4n) is 2.78. The van der Waals surface area contributed by atoms with E-state index in [0.29, 0.717) is 16.0 Å². The Bertz CT molecular complexity index is 1310. The average molecular weight is 435 g/mol. The van der Waals surface area contributed by atoms with Crippen molar-refractivity contribution in [1.29, 1.82) is 0 Å². The molecule has 0 atom stereocenters. The Morgan fingerprint density at radius 3 is 2.71 bits per heavy atom. The highest BCUT2D eigenvalue weighted by Crippen LogP contribution is 2.25. The lowest BCUT2D eigenvalue weighted by Gasteiger charge is -2.06. The van der Waals surface area contributed by atoms with Crippen molar-refractivity contribution < 1.29 is 14.3 Å². The van der Waals surface area contributed by atoms with Gasteiger partial charge in [-0.3, -0.25) is 19.7 Å². The van der Waals surface area contributed by atoms with Crippen molar-refractivity contribution in [2.75, 3.05) is 11.9 Å². The van der Waals surface area contributed by atoms with E-state index in [1.165, 1.54) is 11.3 Å². The molecule has 9 nitrogen and oxygen atoms in total. The van der Waals surface area contributed by atoms with Crippen LogP contribution in [0.3, 0.4) is 0 Å². The maximum absolute atomic E-state index is 12.3. The van der Waals surface area contributed by atoms with E-state index in [2.05, 4.69) is 20.6 Å². The van der Waals surface area contributed by atoms with E-state index in [1.54, 1.807) is 24.3 Å². The highest BCUT2D eigenvalue weighted by molar-refractivity contribution is 7.14. The van der Waals surface area contributed by atoms with Gasteiger partial charge in [0.25, 0.3) is 11.5 Å². The number of nitrogens with zero attached hydrogens (tertiary/aromatic N) is 4. The molecule has 4 rings (SSSR count). The van der Waals surface area contributed by atoms with Gasteiger partial charge in [0.1, 0.15) is 12.1 Å². The largest absolute Gasteiger partial charge is 0.454 e. The number of thiazole rings is 1. The van der Waals surface area contributed by atoms with Crippen molar-refractivity contribution in [3.8, 4) is 11.3 Å². The van der Waals surface area contributed by atoms with E-state index in [9.17, 15) is 14.4 Å². The van der Waals surface area contributed by atoms with Crippen molar-refractivity contribution >= 4 is 39.2 Å². The van der Waals surface area contributed by atoms with E-state index >= 15 is 0 Å². The predicted molar refractivity (Wildman–Crippen MR) is 116 cm³/mol. The lowest BCUT2D eigenvalue weighted by molar-refractivity contribution is -0.148. The van der Waals surface area contributed by atoms with Gasteiger partial charge in [-0.05, 0) is 19.1 Å². The molecule has 0 aliphatic carbocycles. The van der Waals surface area contributed by atoms with E-state index in [-0.39, 0.29) is 0 Å². The van der Waals surface area contributed by atoms with Crippen LogP contribution in [0.4, 0.5) is 5.13 Å².